The Morgan fingerprint density at radius 1 is 1.67 bits per heavy atom. The predicted molar refractivity (Wildman–Crippen MR) is 48.1 cm³/mol. The Morgan fingerprint density at radius 2 is 2.58 bits per heavy atom. The zero-order valence-electron chi connectivity index (χ0n) is 7.43. The monoisotopic (exact) mass is 165 g/mol. The van der Waals surface area contributed by atoms with Gasteiger partial charge in [0.2, 0.25) is 0 Å². The Labute approximate surface area is 72.6 Å². The van der Waals surface area contributed by atoms with Gasteiger partial charge in [0.05, 0.1) is 0 Å². The molecule has 1 aliphatic rings. The lowest BCUT2D eigenvalue weighted by Crippen LogP contribution is -2.24. The second-order valence-corrected chi connectivity index (χ2v) is 3.51. The van der Waals surface area contributed by atoms with E-state index >= 15 is 0 Å². The molecular formula is C9H15N3. The van der Waals surface area contributed by atoms with Crippen LogP contribution >= 0.6 is 0 Å². The van der Waals surface area contributed by atoms with Crippen LogP contribution in [-0.2, 0) is 6.42 Å². The number of nitrogens with zero attached hydrogens (tertiary/aromatic N) is 1. The van der Waals surface area contributed by atoms with Gasteiger partial charge in [-0.25, -0.2) is 4.98 Å². The van der Waals surface area contributed by atoms with Gasteiger partial charge in [0, 0.05) is 24.4 Å². The molecule has 1 atom stereocenters. The van der Waals surface area contributed by atoms with Crippen molar-refractivity contribution in [2.45, 2.75) is 32.2 Å². The molecule has 0 spiro atoms. The quantitative estimate of drug-likeness (QED) is 0.686. The lowest BCUT2D eigenvalue weighted by atomic mass is 10.1. The van der Waals surface area contributed by atoms with Gasteiger partial charge < -0.3 is 10.3 Å². The van der Waals surface area contributed by atoms with Crippen molar-refractivity contribution in [3.63, 3.8) is 0 Å². The van der Waals surface area contributed by atoms with Crippen molar-refractivity contribution in [3.05, 3.63) is 17.7 Å². The third-order valence-electron chi connectivity index (χ3n) is 2.36. The van der Waals surface area contributed by atoms with Gasteiger partial charge in [-0.3, -0.25) is 0 Å². The van der Waals surface area contributed by atoms with E-state index in [9.17, 15) is 0 Å². The molecule has 2 heterocycles. The predicted octanol–water partition coefficient (Wildman–Crippen LogP) is 1.01. The van der Waals surface area contributed by atoms with Crippen LogP contribution in [0.15, 0.2) is 6.20 Å². The molecule has 0 saturated carbocycles. The first kappa shape index (κ1) is 7.80. The van der Waals surface area contributed by atoms with Gasteiger partial charge in [-0.05, 0) is 26.3 Å². The first-order chi connectivity index (χ1) is 5.84. The molecule has 0 amide bonds. The van der Waals surface area contributed by atoms with E-state index in [1.807, 2.05) is 13.1 Å². The number of rotatable bonds is 2. The normalized spacial score (nSPS) is 23.2. The summed E-state index contributed by atoms with van der Waals surface area (Å²) in [5.41, 5.74) is 1.16. The fourth-order valence-corrected chi connectivity index (χ4v) is 1.73. The Morgan fingerprint density at radius 3 is 3.17 bits per heavy atom. The lowest BCUT2D eigenvalue weighted by molar-refractivity contribution is 0.588. The molecule has 3 nitrogen and oxygen atoms in total. The van der Waals surface area contributed by atoms with Crippen LogP contribution in [0.3, 0.4) is 0 Å². The summed E-state index contributed by atoms with van der Waals surface area (Å²) in [6, 6.07) is 0.649. The average molecular weight is 165 g/mol. The number of hydrogen-bond acceptors (Lipinski definition) is 2. The van der Waals surface area contributed by atoms with E-state index in [2.05, 4.69) is 15.3 Å². The van der Waals surface area contributed by atoms with Crippen LogP contribution in [0.4, 0.5) is 0 Å². The minimum absolute atomic E-state index is 0.649. The number of aromatic nitrogens is 2. The maximum atomic E-state index is 4.28. The topological polar surface area (TPSA) is 40.7 Å². The van der Waals surface area contributed by atoms with Crippen molar-refractivity contribution in [2.75, 3.05) is 6.54 Å². The van der Waals surface area contributed by atoms with Gasteiger partial charge >= 0.3 is 0 Å². The van der Waals surface area contributed by atoms with Crippen molar-refractivity contribution < 1.29 is 0 Å². The minimum atomic E-state index is 0.649. The van der Waals surface area contributed by atoms with Crippen molar-refractivity contribution in [1.82, 2.24) is 15.3 Å². The highest BCUT2D eigenvalue weighted by Gasteiger charge is 2.15. The standard InChI is InChI=1S/C9H15N3/c1-7-6-11-9(12-7)5-8-3-2-4-10-8/h6,8,10H,2-5H2,1H3,(H,11,12). The van der Waals surface area contributed by atoms with Gasteiger partial charge in [0.25, 0.3) is 0 Å². The minimum Gasteiger partial charge on any atom is -0.346 e. The molecule has 1 saturated heterocycles. The first-order valence-electron chi connectivity index (χ1n) is 4.58. The fourth-order valence-electron chi connectivity index (χ4n) is 1.73. The maximum absolute atomic E-state index is 4.28. The van der Waals surface area contributed by atoms with Crippen LogP contribution in [-0.4, -0.2) is 22.6 Å². The van der Waals surface area contributed by atoms with Crippen molar-refractivity contribution >= 4 is 0 Å². The maximum Gasteiger partial charge on any atom is 0.107 e. The van der Waals surface area contributed by atoms with Crippen molar-refractivity contribution in [2.24, 2.45) is 0 Å². The lowest BCUT2D eigenvalue weighted by Gasteiger charge is -2.06. The summed E-state index contributed by atoms with van der Waals surface area (Å²) in [6.45, 7) is 3.21. The Hall–Kier alpha value is -0.830. The Kier molecular flexibility index (Phi) is 2.13. The molecule has 1 fully saturated rings. The van der Waals surface area contributed by atoms with E-state index in [1.165, 1.54) is 19.4 Å². The molecule has 0 aliphatic carbocycles. The van der Waals surface area contributed by atoms with Gasteiger partial charge in [-0.1, -0.05) is 0 Å². The van der Waals surface area contributed by atoms with Gasteiger partial charge in [-0.15, -0.1) is 0 Å². The molecule has 1 unspecified atom stereocenters. The Balaban J connectivity index is 1.94. The van der Waals surface area contributed by atoms with Crippen LogP contribution in [0.5, 0.6) is 0 Å². The van der Waals surface area contributed by atoms with Crippen molar-refractivity contribution in [3.8, 4) is 0 Å². The largest absolute Gasteiger partial charge is 0.346 e. The molecule has 0 radical (unpaired) electrons. The SMILES string of the molecule is Cc1cnc(CC2CCCN2)[nH]1. The van der Waals surface area contributed by atoms with Gasteiger partial charge in [-0.2, -0.15) is 0 Å². The van der Waals surface area contributed by atoms with E-state index in [0.29, 0.717) is 6.04 Å². The highest BCUT2D eigenvalue weighted by molar-refractivity contribution is 5.00. The highest BCUT2D eigenvalue weighted by atomic mass is 15.0. The molecule has 1 aromatic rings. The highest BCUT2D eigenvalue weighted by Crippen LogP contribution is 2.09. The smallest absolute Gasteiger partial charge is 0.107 e. The van der Waals surface area contributed by atoms with Gasteiger partial charge in [0.1, 0.15) is 5.82 Å². The molecule has 2 rings (SSSR count). The number of imidazole rings is 1. The van der Waals surface area contributed by atoms with Gasteiger partial charge in [0.15, 0.2) is 0 Å². The molecule has 2 N–H and O–H groups in total. The molecular weight excluding hydrogens is 150 g/mol. The second kappa shape index (κ2) is 3.27. The first-order valence-corrected chi connectivity index (χ1v) is 4.58. The molecule has 0 aromatic carbocycles. The molecule has 1 aromatic heterocycles. The van der Waals surface area contributed by atoms with Crippen LogP contribution < -0.4 is 5.32 Å². The summed E-state index contributed by atoms with van der Waals surface area (Å²) in [4.78, 5) is 7.54. The summed E-state index contributed by atoms with van der Waals surface area (Å²) >= 11 is 0. The number of aromatic amines is 1. The third-order valence-corrected chi connectivity index (χ3v) is 2.36. The fraction of sp³-hybridized carbons (Fsp3) is 0.667. The summed E-state index contributed by atoms with van der Waals surface area (Å²) in [5, 5.41) is 3.45. The average Bonchev–Trinajstić information content (AvgIpc) is 2.63. The molecule has 66 valence electrons. The molecule has 0 bridgehead atoms. The van der Waals surface area contributed by atoms with E-state index < -0.39 is 0 Å². The molecule has 3 heteroatoms. The molecule has 1 aliphatic heterocycles. The van der Waals surface area contributed by atoms with E-state index in [-0.39, 0.29) is 0 Å². The number of H-pyrrole nitrogens is 1. The number of aryl methyl sites for hydroxylation is 1. The number of hydrogen-bond donors (Lipinski definition) is 2. The van der Waals surface area contributed by atoms with Crippen LogP contribution in [0.2, 0.25) is 0 Å². The summed E-state index contributed by atoms with van der Waals surface area (Å²) in [5.74, 6) is 1.12. The second-order valence-electron chi connectivity index (χ2n) is 3.51. The third kappa shape index (κ3) is 1.67. The van der Waals surface area contributed by atoms with Crippen LogP contribution in [0.1, 0.15) is 24.4 Å². The van der Waals surface area contributed by atoms with E-state index in [4.69, 9.17) is 0 Å². The zero-order valence-corrected chi connectivity index (χ0v) is 7.43. The van der Waals surface area contributed by atoms with Crippen LogP contribution in [0, 0.1) is 6.92 Å². The van der Waals surface area contributed by atoms with E-state index in [1.54, 1.807) is 0 Å². The summed E-state index contributed by atoms with van der Waals surface area (Å²) in [6.07, 6.45) is 5.54. The molecule has 12 heavy (non-hydrogen) atoms. The number of nitrogens with one attached hydrogen (secondary N) is 2. The van der Waals surface area contributed by atoms with Crippen molar-refractivity contribution in [1.29, 1.82) is 0 Å². The van der Waals surface area contributed by atoms with E-state index in [0.717, 1.165) is 17.9 Å². The summed E-state index contributed by atoms with van der Waals surface area (Å²) in [7, 11) is 0. The zero-order chi connectivity index (χ0) is 8.39. The Bertz CT molecular complexity index is 248. The van der Waals surface area contributed by atoms with Crippen LogP contribution in [0.25, 0.3) is 0 Å². The summed E-state index contributed by atoms with van der Waals surface area (Å²) < 4.78 is 0.